The fraction of sp³-hybridized carbons (Fsp3) is 0.318. The lowest BCUT2D eigenvalue weighted by Gasteiger charge is -2.20. The first-order valence-electron chi connectivity index (χ1n) is 9.84. The highest BCUT2D eigenvalue weighted by atomic mass is 16.6. The van der Waals surface area contributed by atoms with Crippen LogP contribution in [0.15, 0.2) is 47.2 Å². The molecule has 0 saturated carbocycles. The summed E-state index contributed by atoms with van der Waals surface area (Å²) in [5, 5.41) is 6.56. The standard InChI is InChI=1S/C22H24N4O6/c1-13(2)19(25-21(27)15-8-16(29-3)10-17(9-15)30-4)22(28)31-12-18-24-20(26-32-18)14-6-5-7-23-11-14/h5-11,13,19H,12H2,1-4H3,(H,25,27)/t19-/m0/s1. The Balaban J connectivity index is 1.65. The van der Waals surface area contributed by atoms with E-state index in [2.05, 4.69) is 20.4 Å². The number of nitrogens with zero attached hydrogens (tertiary/aromatic N) is 3. The first-order chi connectivity index (χ1) is 15.4. The summed E-state index contributed by atoms with van der Waals surface area (Å²) >= 11 is 0. The third kappa shape index (κ3) is 5.60. The van der Waals surface area contributed by atoms with Crippen molar-refractivity contribution in [2.75, 3.05) is 14.2 Å². The number of amides is 1. The molecule has 10 nitrogen and oxygen atoms in total. The third-order valence-electron chi connectivity index (χ3n) is 4.55. The Morgan fingerprint density at radius 1 is 1.12 bits per heavy atom. The number of hydrogen-bond donors (Lipinski definition) is 1. The molecule has 0 spiro atoms. The number of aromatic nitrogens is 3. The van der Waals surface area contributed by atoms with Crippen molar-refractivity contribution in [1.82, 2.24) is 20.4 Å². The van der Waals surface area contributed by atoms with Gasteiger partial charge in [-0.25, -0.2) is 4.79 Å². The summed E-state index contributed by atoms with van der Waals surface area (Å²) in [5.74, 6) is 0.0674. The van der Waals surface area contributed by atoms with Crippen LogP contribution in [0.3, 0.4) is 0 Å². The maximum absolute atomic E-state index is 12.8. The van der Waals surface area contributed by atoms with Crippen LogP contribution in [0.25, 0.3) is 11.4 Å². The molecule has 10 heteroatoms. The van der Waals surface area contributed by atoms with E-state index in [9.17, 15) is 9.59 Å². The Kier molecular flexibility index (Phi) is 7.37. The average Bonchev–Trinajstić information content (AvgIpc) is 3.30. The van der Waals surface area contributed by atoms with E-state index in [4.69, 9.17) is 18.7 Å². The van der Waals surface area contributed by atoms with Gasteiger partial charge in [-0.2, -0.15) is 4.98 Å². The molecule has 0 radical (unpaired) electrons. The van der Waals surface area contributed by atoms with Crippen LogP contribution in [-0.2, 0) is 16.1 Å². The van der Waals surface area contributed by atoms with Crippen molar-refractivity contribution in [3.63, 3.8) is 0 Å². The van der Waals surface area contributed by atoms with Crippen LogP contribution in [0.2, 0.25) is 0 Å². The van der Waals surface area contributed by atoms with E-state index in [-0.39, 0.29) is 24.0 Å². The van der Waals surface area contributed by atoms with Crippen molar-refractivity contribution >= 4 is 11.9 Å². The summed E-state index contributed by atoms with van der Waals surface area (Å²) in [6, 6.07) is 7.40. The maximum Gasteiger partial charge on any atom is 0.329 e. The average molecular weight is 440 g/mol. The SMILES string of the molecule is COc1cc(OC)cc(C(=O)N[C@H](C(=O)OCc2nc(-c3cccnc3)no2)C(C)C)c1. The van der Waals surface area contributed by atoms with Gasteiger partial charge in [-0.05, 0) is 30.2 Å². The molecule has 1 amide bonds. The highest BCUT2D eigenvalue weighted by Crippen LogP contribution is 2.23. The molecule has 0 saturated heterocycles. The number of methoxy groups -OCH3 is 2. The molecule has 1 aromatic carbocycles. The zero-order chi connectivity index (χ0) is 23.1. The van der Waals surface area contributed by atoms with Gasteiger partial charge in [-0.1, -0.05) is 19.0 Å². The molecule has 3 rings (SSSR count). The number of nitrogens with one attached hydrogen (secondary N) is 1. The van der Waals surface area contributed by atoms with Crippen molar-refractivity contribution in [3.8, 4) is 22.9 Å². The molecule has 0 unspecified atom stereocenters. The molecule has 2 heterocycles. The molecule has 168 valence electrons. The van der Waals surface area contributed by atoms with Crippen LogP contribution in [0, 0.1) is 5.92 Å². The smallest absolute Gasteiger partial charge is 0.329 e. The van der Waals surface area contributed by atoms with E-state index >= 15 is 0 Å². The van der Waals surface area contributed by atoms with Crippen molar-refractivity contribution in [1.29, 1.82) is 0 Å². The lowest BCUT2D eigenvalue weighted by Crippen LogP contribution is -2.45. The fourth-order valence-corrected chi connectivity index (χ4v) is 2.81. The number of benzene rings is 1. The molecule has 32 heavy (non-hydrogen) atoms. The van der Waals surface area contributed by atoms with E-state index in [0.717, 1.165) is 0 Å². The minimum absolute atomic E-state index is 0.128. The first kappa shape index (κ1) is 22.7. The number of carbonyl (C=O) groups is 2. The quantitative estimate of drug-likeness (QED) is 0.500. The monoisotopic (exact) mass is 440 g/mol. The van der Waals surface area contributed by atoms with Gasteiger partial charge in [0.25, 0.3) is 11.8 Å². The second kappa shape index (κ2) is 10.4. The topological polar surface area (TPSA) is 126 Å². The van der Waals surface area contributed by atoms with Gasteiger partial charge in [0.1, 0.15) is 17.5 Å². The predicted molar refractivity (Wildman–Crippen MR) is 113 cm³/mol. The van der Waals surface area contributed by atoms with Gasteiger partial charge in [0.05, 0.1) is 14.2 Å². The van der Waals surface area contributed by atoms with Crippen LogP contribution in [-0.4, -0.2) is 47.3 Å². The number of hydrogen-bond acceptors (Lipinski definition) is 9. The number of esters is 1. The van der Waals surface area contributed by atoms with Crippen LogP contribution in [0.5, 0.6) is 11.5 Å². The third-order valence-corrected chi connectivity index (χ3v) is 4.55. The number of carbonyl (C=O) groups excluding carboxylic acids is 2. The van der Waals surface area contributed by atoms with Crippen molar-refractivity contribution in [2.24, 2.45) is 5.92 Å². The van der Waals surface area contributed by atoms with Crippen LogP contribution < -0.4 is 14.8 Å². The summed E-state index contributed by atoms with van der Waals surface area (Å²) in [6.45, 7) is 3.37. The fourth-order valence-electron chi connectivity index (χ4n) is 2.81. The molecule has 0 fully saturated rings. The summed E-state index contributed by atoms with van der Waals surface area (Å²) < 4.78 is 20.8. The molecule has 0 aliphatic heterocycles. The number of pyridine rings is 1. The normalized spacial score (nSPS) is 11.7. The molecule has 0 aliphatic rings. The molecule has 2 aromatic heterocycles. The van der Waals surface area contributed by atoms with E-state index in [0.29, 0.717) is 22.9 Å². The molecule has 0 aliphatic carbocycles. The minimum Gasteiger partial charge on any atom is -0.497 e. The molecular formula is C22H24N4O6. The van der Waals surface area contributed by atoms with Gasteiger partial charge >= 0.3 is 5.97 Å². The minimum atomic E-state index is -0.889. The highest BCUT2D eigenvalue weighted by Gasteiger charge is 2.27. The van der Waals surface area contributed by atoms with Crippen LogP contribution >= 0.6 is 0 Å². The molecule has 0 bridgehead atoms. The zero-order valence-electron chi connectivity index (χ0n) is 18.2. The van der Waals surface area contributed by atoms with E-state index in [1.165, 1.54) is 14.2 Å². The van der Waals surface area contributed by atoms with Gasteiger partial charge in [-0.15, -0.1) is 0 Å². The second-order valence-electron chi connectivity index (χ2n) is 7.16. The maximum atomic E-state index is 12.8. The van der Waals surface area contributed by atoms with Crippen molar-refractivity contribution in [2.45, 2.75) is 26.5 Å². The Morgan fingerprint density at radius 3 is 2.44 bits per heavy atom. The zero-order valence-corrected chi connectivity index (χ0v) is 18.2. The van der Waals surface area contributed by atoms with E-state index in [1.54, 1.807) is 56.6 Å². The highest BCUT2D eigenvalue weighted by molar-refractivity contribution is 5.97. The number of ether oxygens (including phenoxy) is 3. The molecule has 3 aromatic rings. The summed E-state index contributed by atoms with van der Waals surface area (Å²) in [5.41, 5.74) is 0.965. The molecule has 1 N–H and O–H groups in total. The Hall–Kier alpha value is -3.95. The Bertz CT molecular complexity index is 1050. The molecule has 1 atom stereocenters. The van der Waals surface area contributed by atoms with Crippen LogP contribution in [0.1, 0.15) is 30.1 Å². The Morgan fingerprint density at radius 2 is 1.84 bits per heavy atom. The summed E-state index contributed by atoms with van der Waals surface area (Å²) in [4.78, 5) is 33.6. The first-order valence-corrected chi connectivity index (χ1v) is 9.84. The van der Waals surface area contributed by atoms with Gasteiger partial charge < -0.3 is 24.1 Å². The van der Waals surface area contributed by atoms with E-state index < -0.39 is 17.9 Å². The van der Waals surface area contributed by atoms with Gasteiger partial charge in [-0.3, -0.25) is 9.78 Å². The second-order valence-corrected chi connectivity index (χ2v) is 7.16. The van der Waals surface area contributed by atoms with Gasteiger partial charge in [0.15, 0.2) is 6.61 Å². The summed E-state index contributed by atoms with van der Waals surface area (Å²) in [7, 11) is 2.98. The summed E-state index contributed by atoms with van der Waals surface area (Å²) in [6.07, 6.45) is 3.23. The lowest BCUT2D eigenvalue weighted by atomic mass is 10.0. The van der Waals surface area contributed by atoms with E-state index in [1.807, 2.05) is 0 Å². The largest absolute Gasteiger partial charge is 0.497 e. The predicted octanol–water partition coefficient (Wildman–Crippen LogP) is 2.65. The Labute approximate surface area is 184 Å². The molecular weight excluding hydrogens is 416 g/mol. The van der Waals surface area contributed by atoms with Crippen molar-refractivity contribution < 1.29 is 28.3 Å². The van der Waals surface area contributed by atoms with Crippen molar-refractivity contribution in [3.05, 3.63) is 54.2 Å². The lowest BCUT2D eigenvalue weighted by molar-refractivity contribution is -0.149. The van der Waals surface area contributed by atoms with Crippen LogP contribution in [0.4, 0.5) is 0 Å². The van der Waals surface area contributed by atoms with Gasteiger partial charge in [0, 0.05) is 29.6 Å². The number of rotatable bonds is 9. The van der Waals surface area contributed by atoms with Gasteiger partial charge in [0.2, 0.25) is 5.82 Å².